The van der Waals surface area contributed by atoms with E-state index in [9.17, 15) is 23.3 Å². The van der Waals surface area contributed by atoms with Crippen molar-refractivity contribution in [2.75, 3.05) is 32.9 Å². The molecule has 1 saturated heterocycles. The number of carbonyl (C=O) groups is 2. The maximum absolute atomic E-state index is 12.6. The summed E-state index contributed by atoms with van der Waals surface area (Å²) in [6.45, 7) is 0.754. The molecule has 29 heavy (non-hydrogen) atoms. The summed E-state index contributed by atoms with van der Waals surface area (Å²) in [5.74, 6) is -1.28. The molecule has 9 nitrogen and oxygen atoms in total. The number of nitrogens with one attached hydrogen (secondary N) is 1. The molecule has 3 rings (SSSR count). The number of carbonyl (C=O) groups excluding carboxylic acids is 2. The lowest BCUT2D eigenvalue weighted by Gasteiger charge is -2.26. The molecule has 1 heterocycles. The zero-order chi connectivity index (χ0) is 20.9. The summed E-state index contributed by atoms with van der Waals surface area (Å²) in [4.78, 5) is 24.3. The van der Waals surface area contributed by atoms with Gasteiger partial charge in [0.05, 0.1) is 29.7 Å². The van der Waals surface area contributed by atoms with E-state index in [1.165, 1.54) is 28.6 Å². The molecule has 1 aliphatic heterocycles. The Hall–Kier alpha value is -2.48. The zero-order valence-electron chi connectivity index (χ0n) is 15.9. The van der Waals surface area contributed by atoms with Crippen LogP contribution >= 0.6 is 0 Å². The minimum Gasteiger partial charge on any atom is -0.452 e. The van der Waals surface area contributed by atoms with Gasteiger partial charge in [0.1, 0.15) is 5.54 Å². The zero-order valence-corrected chi connectivity index (χ0v) is 16.7. The third kappa shape index (κ3) is 4.93. The molecular weight excluding hydrogens is 398 g/mol. The van der Waals surface area contributed by atoms with Gasteiger partial charge < -0.3 is 14.8 Å². The third-order valence-electron chi connectivity index (χ3n) is 5.08. The number of esters is 1. The first-order valence-electron chi connectivity index (χ1n) is 9.44. The normalized spacial score (nSPS) is 19.3. The summed E-state index contributed by atoms with van der Waals surface area (Å²) in [6, 6.07) is 7.51. The quantitative estimate of drug-likeness (QED) is 0.674. The lowest BCUT2D eigenvalue weighted by molar-refractivity contribution is -0.125. The molecule has 10 heteroatoms. The molecule has 0 unspecified atom stereocenters. The SMILES string of the molecule is N#CC1(NC(=O)COC(=O)c2ccc(S(=O)(=O)N3CCOCC3)cc2)CCCC1. The van der Waals surface area contributed by atoms with Crippen molar-refractivity contribution in [3.63, 3.8) is 0 Å². The molecule has 0 atom stereocenters. The average molecular weight is 421 g/mol. The van der Waals surface area contributed by atoms with E-state index in [1.54, 1.807) is 0 Å². The van der Waals surface area contributed by atoms with Crippen LogP contribution in [0, 0.1) is 11.3 Å². The molecule has 1 N–H and O–H groups in total. The topological polar surface area (TPSA) is 126 Å². The predicted molar refractivity (Wildman–Crippen MR) is 101 cm³/mol. The van der Waals surface area contributed by atoms with Gasteiger partial charge in [-0.3, -0.25) is 4.79 Å². The van der Waals surface area contributed by atoms with Crippen LogP contribution in [0.3, 0.4) is 0 Å². The minimum atomic E-state index is -3.65. The second-order valence-corrected chi connectivity index (χ2v) is 9.00. The van der Waals surface area contributed by atoms with Crippen molar-refractivity contribution in [2.45, 2.75) is 36.1 Å². The molecule has 1 aromatic rings. The lowest BCUT2D eigenvalue weighted by Crippen LogP contribution is -2.46. The van der Waals surface area contributed by atoms with Gasteiger partial charge in [-0.1, -0.05) is 0 Å². The Morgan fingerprint density at radius 1 is 1.17 bits per heavy atom. The van der Waals surface area contributed by atoms with Gasteiger partial charge in [-0.2, -0.15) is 9.57 Å². The molecule has 2 fully saturated rings. The second kappa shape index (κ2) is 8.90. The van der Waals surface area contributed by atoms with Crippen LogP contribution in [-0.2, 0) is 24.3 Å². The summed E-state index contributed by atoms with van der Waals surface area (Å²) < 4.78 is 36.7. The fraction of sp³-hybridized carbons (Fsp3) is 0.526. The summed E-state index contributed by atoms with van der Waals surface area (Å²) in [5, 5.41) is 11.9. The van der Waals surface area contributed by atoms with Gasteiger partial charge in [0.25, 0.3) is 5.91 Å². The van der Waals surface area contributed by atoms with Crippen LogP contribution < -0.4 is 5.32 Å². The summed E-state index contributed by atoms with van der Waals surface area (Å²) in [5.41, 5.74) is -0.742. The number of morpholine rings is 1. The highest BCUT2D eigenvalue weighted by Gasteiger charge is 2.35. The van der Waals surface area contributed by atoms with Gasteiger partial charge in [-0.25, -0.2) is 13.2 Å². The molecule has 1 aliphatic carbocycles. The maximum Gasteiger partial charge on any atom is 0.338 e. The first-order chi connectivity index (χ1) is 13.9. The summed E-state index contributed by atoms with van der Waals surface area (Å²) in [6.07, 6.45) is 2.91. The van der Waals surface area contributed by atoms with Gasteiger partial charge in [-0.15, -0.1) is 0 Å². The number of nitrogens with zero attached hydrogens (tertiary/aromatic N) is 2. The van der Waals surface area contributed by atoms with Crippen LogP contribution in [-0.4, -0.2) is 63.0 Å². The molecule has 156 valence electrons. The van der Waals surface area contributed by atoms with Crippen molar-refractivity contribution in [3.05, 3.63) is 29.8 Å². The van der Waals surface area contributed by atoms with E-state index in [4.69, 9.17) is 9.47 Å². The van der Waals surface area contributed by atoms with E-state index in [2.05, 4.69) is 11.4 Å². The molecular formula is C19H23N3O6S. The Morgan fingerprint density at radius 2 is 1.79 bits per heavy atom. The van der Waals surface area contributed by atoms with Gasteiger partial charge in [0.2, 0.25) is 10.0 Å². The van der Waals surface area contributed by atoms with Crippen molar-refractivity contribution in [1.29, 1.82) is 5.26 Å². The van der Waals surface area contributed by atoms with E-state index < -0.39 is 34.0 Å². The number of hydrogen-bond acceptors (Lipinski definition) is 7. The molecule has 2 aliphatic rings. The number of benzene rings is 1. The molecule has 0 aromatic heterocycles. The van der Waals surface area contributed by atoms with Gasteiger partial charge in [-0.05, 0) is 49.9 Å². The van der Waals surface area contributed by atoms with Crippen LogP contribution in [0.4, 0.5) is 0 Å². The monoisotopic (exact) mass is 421 g/mol. The Morgan fingerprint density at radius 3 is 2.38 bits per heavy atom. The lowest BCUT2D eigenvalue weighted by atomic mass is 10.00. The van der Waals surface area contributed by atoms with Crippen molar-refractivity contribution in [2.24, 2.45) is 0 Å². The highest BCUT2D eigenvalue weighted by Crippen LogP contribution is 2.28. The summed E-state index contributed by atoms with van der Waals surface area (Å²) in [7, 11) is -3.65. The maximum atomic E-state index is 12.6. The minimum absolute atomic E-state index is 0.0749. The number of sulfonamides is 1. The number of hydrogen-bond donors (Lipinski definition) is 1. The Bertz CT molecular complexity index is 895. The first-order valence-corrected chi connectivity index (χ1v) is 10.9. The number of nitriles is 1. The van der Waals surface area contributed by atoms with E-state index in [-0.39, 0.29) is 23.5 Å². The summed E-state index contributed by atoms with van der Waals surface area (Å²) >= 11 is 0. The van der Waals surface area contributed by atoms with Crippen LogP contribution in [0.2, 0.25) is 0 Å². The van der Waals surface area contributed by atoms with Crippen LogP contribution in [0.15, 0.2) is 29.2 Å². The highest BCUT2D eigenvalue weighted by molar-refractivity contribution is 7.89. The van der Waals surface area contributed by atoms with Crippen molar-refractivity contribution in [1.82, 2.24) is 9.62 Å². The number of rotatable bonds is 6. The highest BCUT2D eigenvalue weighted by atomic mass is 32.2. The van der Waals surface area contributed by atoms with Crippen molar-refractivity contribution >= 4 is 21.9 Å². The van der Waals surface area contributed by atoms with Gasteiger partial charge >= 0.3 is 5.97 Å². The van der Waals surface area contributed by atoms with Crippen LogP contribution in [0.25, 0.3) is 0 Å². The molecule has 0 radical (unpaired) electrons. The molecule has 0 spiro atoms. The third-order valence-corrected chi connectivity index (χ3v) is 6.99. The van der Waals surface area contributed by atoms with Crippen molar-refractivity contribution in [3.8, 4) is 6.07 Å². The van der Waals surface area contributed by atoms with Crippen LogP contribution in [0.1, 0.15) is 36.0 Å². The second-order valence-electron chi connectivity index (χ2n) is 7.07. The van der Waals surface area contributed by atoms with Crippen molar-refractivity contribution < 1.29 is 27.5 Å². The largest absolute Gasteiger partial charge is 0.452 e. The first kappa shape index (κ1) is 21.2. The van der Waals surface area contributed by atoms with E-state index in [0.717, 1.165) is 12.8 Å². The molecule has 1 amide bonds. The van der Waals surface area contributed by atoms with E-state index >= 15 is 0 Å². The van der Waals surface area contributed by atoms with Crippen LogP contribution in [0.5, 0.6) is 0 Å². The van der Waals surface area contributed by atoms with E-state index in [1.807, 2.05) is 0 Å². The predicted octanol–water partition coefficient (Wildman–Crippen LogP) is 0.817. The van der Waals surface area contributed by atoms with E-state index in [0.29, 0.717) is 26.1 Å². The Balaban J connectivity index is 1.56. The standard InChI is InChI=1S/C19H23N3O6S/c20-14-19(7-1-2-8-19)21-17(23)13-28-18(24)15-3-5-16(6-4-15)29(25,26)22-9-11-27-12-10-22/h3-6H,1-2,7-13H2,(H,21,23). The molecule has 1 saturated carbocycles. The molecule has 1 aromatic carbocycles. The number of ether oxygens (including phenoxy) is 2. The van der Waals surface area contributed by atoms with Gasteiger partial charge in [0, 0.05) is 13.1 Å². The fourth-order valence-electron chi connectivity index (χ4n) is 3.46. The average Bonchev–Trinajstić information content (AvgIpc) is 3.21. The Labute approximate surface area is 169 Å². The fourth-order valence-corrected chi connectivity index (χ4v) is 4.87. The smallest absolute Gasteiger partial charge is 0.338 e. The number of amides is 1. The molecule has 0 bridgehead atoms. The Kier molecular flexibility index (Phi) is 6.52. The van der Waals surface area contributed by atoms with Gasteiger partial charge in [0.15, 0.2) is 6.61 Å².